The number of allylic oxidation sites excluding steroid dienone is 18. The predicted molar refractivity (Wildman–Crippen MR) is 288 cm³/mol. The first-order chi connectivity index (χ1) is 32.6. The van der Waals surface area contributed by atoms with E-state index < -0.39 is 6.10 Å². The summed E-state index contributed by atoms with van der Waals surface area (Å²) in [6.45, 7) is 4.01. The highest BCUT2D eigenvalue weighted by Crippen LogP contribution is 2.14. The third kappa shape index (κ3) is 53.2. The monoisotopic (exact) mass is 915 g/mol. The van der Waals surface area contributed by atoms with Crippen molar-refractivity contribution < 1.29 is 24.2 Å². The normalized spacial score (nSPS) is 13.1. The number of hydrogen-bond donors (Lipinski definition) is 1. The molecule has 0 amide bonds. The average Bonchev–Trinajstić information content (AvgIpc) is 3.32. The van der Waals surface area contributed by atoms with E-state index in [4.69, 9.17) is 9.47 Å². The minimum absolute atomic E-state index is 0.0771. The van der Waals surface area contributed by atoms with E-state index in [9.17, 15) is 14.7 Å². The van der Waals surface area contributed by atoms with Gasteiger partial charge in [0.1, 0.15) is 6.61 Å². The van der Waals surface area contributed by atoms with Crippen LogP contribution >= 0.6 is 0 Å². The van der Waals surface area contributed by atoms with Gasteiger partial charge in [-0.3, -0.25) is 9.59 Å². The standard InChI is InChI=1S/C61H102O5/c1-3-5-7-9-11-13-15-17-19-21-23-25-27-29-30-32-34-36-38-40-42-44-46-48-50-52-54-56-61(64)66-59(57-62)58-65-60(63)55-53-51-49-47-45-43-41-39-37-35-33-31-28-26-24-22-20-18-16-14-12-10-8-6-4-2/h5,7,11,13,16-19,22-25,28-31,34,36,59,62H,3-4,6,8-10,12,14-15,20-21,26-27,32-33,35,37-58H2,1-2H3/b7-5-,13-11-,18-16-,19-17-,24-22-,25-23-,30-29-,31-28-,36-34-. The molecule has 5 nitrogen and oxygen atoms in total. The van der Waals surface area contributed by atoms with Crippen LogP contribution in [-0.2, 0) is 19.1 Å². The lowest BCUT2D eigenvalue weighted by Gasteiger charge is -2.15. The van der Waals surface area contributed by atoms with Crippen LogP contribution in [0, 0.1) is 0 Å². The van der Waals surface area contributed by atoms with E-state index in [-0.39, 0.29) is 25.2 Å². The van der Waals surface area contributed by atoms with Crippen LogP contribution in [0.3, 0.4) is 0 Å². The van der Waals surface area contributed by atoms with Crippen LogP contribution in [0.25, 0.3) is 0 Å². The third-order valence-electron chi connectivity index (χ3n) is 11.6. The fourth-order valence-electron chi connectivity index (χ4n) is 7.45. The van der Waals surface area contributed by atoms with Crippen molar-refractivity contribution in [2.45, 2.75) is 251 Å². The SMILES string of the molecule is CC/C=C\C/C=C\C/C=C\C/C=C\C/C=C\C/C=C\CCCCCCCCCCC(=O)OC(CO)COC(=O)CCCCCCCCCCCC/C=C\C/C=C\C/C=C\CCCCCCC. The Morgan fingerprint density at radius 2 is 0.652 bits per heavy atom. The molecule has 0 heterocycles. The van der Waals surface area contributed by atoms with Gasteiger partial charge in [-0.05, 0) is 103 Å². The number of carbonyl (C=O) groups is 2. The van der Waals surface area contributed by atoms with Crippen LogP contribution in [-0.4, -0.2) is 36.4 Å². The molecule has 0 saturated carbocycles. The molecular formula is C61H102O5. The van der Waals surface area contributed by atoms with E-state index >= 15 is 0 Å². The lowest BCUT2D eigenvalue weighted by Crippen LogP contribution is -2.28. The number of aliphatic hydroxyl groups is 1. The van der Waals surface area contributed by atoms with E-state index in [1.807, 2.05) is 0 Å². The Kier molecular flexibility index (Phi) is 53.0. The van der Waals surface area contributed by atoms with Gasteiger partial charge in [0.25, 0.3) is 0 Å². The summed E-state index contributed by atoms with van der Waals surface area (Å²) in [5, 5.41) is 9.65. The van der Waals surface area contributed by atoms with Crippen LogP contribution in [0.5, 0.6) is 0 Å². The Morgan fingerprint density at radius 3 is 0.985 bits per heavy atom. The molecule has 1 N–H and O–H groups in total. The lowest BCUT2D eigenvalue weighted by atomic mass is 10.1. The summed E-state index contributed by atoms with van der Waals surface area (Å²) in [7, 11) is 0. The predicted octanol–water partition coefficient (Wildman–Crippen LogP) is 18.5. The molecule has 5 heteroatoms. The maximum absolute atomic E-state index is 12.3. The maximum Gasteiger partial charge on any atom is 0.306 e. The number of hydrogen-bond acceptors (Lipinski definition) is 5. The first-order valence-electron chi connectivity index (χ1n) is 27.4. The van der Waals surface area contributed by atoms with Gasteiger partial charge in [0.2, 0.25) is 0 Å². The summed E-state index contributed by atoms with van der Waals surface area (Å²) in [6.07, 6.45) is 80.4. The summed E-state index contributed by atoms with van der Waals surface area (Å²) >= 11 is 0. The number of unbranched alkanes of at least 4 members (excludes halogenated alkanes) is 23. The highest BCUT2D eigenvalue weighted by molar-refractivity contribution is 5.70. The van der Waals surface area contributed by atoms with E-state index in [2.05, 4.69) is 123 Å². The quantitative estimate of drug-likeness (QED) is 0.0374. The zero-order valence-corrected chi connectivity index (χ0v) is 42.9. The zero-order valence-electron chi connectivity index (χ0n) is 42.9. The topological polar surface area (TPSA) is 72.8 Å². The minimum atomic E-state index is -0.787. The first-order valence-corrected chi connectivity index (χ1v) is 27.4. The molecule has 0 fully saturated rings. The molecule has 0 aliphatic heterocycles. The van der Waals surface area contributed by atoms with Gasteiger partial charge in [-0.15, -0.1) is 0 Å². The van der Waals surface area contributed by atoms with Gasteiger partial charge in [-0.25, -0.2) is 0 Å². The molecule has 0 bridgehead atoms. The van der Waals surface area contributed by atoms with Crippen molar-refractivity contribution >= 4 is 11.9 Å². The average molecular weight is 915 g/mol. The first kappa shape index (κ1) is 62.6. The number of esters is 2. The Hall–Kier alpha value is -3.44. The second-order valence-corrected chi connectivity index (χ2v) is 17.9. The van der Waals surface area contributed by atoms with Gasteiger partial charge in [-0.2, -0.15) is 0 Å². The van der Waals surface area contributed by atoms with E-state index in [1.165, 1.54) is 122 Å². The molecule has 0 rings (SSSR count). The molecule has 0 radical (unpaired) electrons. The Bertz CT molecular complexity index is 1310. The number of aliphatic hydroxyl groups excluding tert-OH is 1. The van der Waals surface area contributed by atoms with Gasteiger partial charge in [0.15, 0.2) is 6.10 Å². The summed E-state index contributed by atoms with van der Waals surface area (Å²) < 4.78 is 10.7. The highest BCUT2D eigenvalue weighted by Gasteiger charge is 2.16. The molecule has 0 spiro atoms. The Labute approximate surface area is 408 Å². The third-order valence-corrected chi connectivity index (χ3v) is 11.6. The molecule has 0 aromatic heterocycles. The van der Waals surface area contributed by atoms with Crippen LogP contribution in [0.4, 0.5) is 0 Å². The number of ether oxygens (including phenoxy) is 2. The molecule has 0 saturated heterocycles. The molecule has 0 aromatic carbocycles. The Balaban J connectivity index is 3.57. The molecule has 1 atom stereocenters. The fraction of sp³-hybridized carbons (Fsp3) is 0.672. The molecule has 0 aromatic rings. The van der Waals surface area contributed by atoms with E-state index in [1.54, 1.807) is 0 Å². The van der Waals surface area contributed by atoms with Crippen molar-refractivity contribution in [2.75, 3.05) is 13.2 Å². The summed E-state index contributed by atoms with van der Waals surface area (Å²) in [5.41, 5.74) is 0. The summed E-state index contributed by atoms with van der Waals surface area (Å²) in [5.74, 6) is -0.607. The number of rotatable bonds is 49. The lowest BCUT2D eigenvalue weighted by molar-refractivity contribution is -0.161. The molecule has 0 aliphatic rings. The van der Waals surface area contributed by atoms with Gasteiger partial charge >= 0.3 is 11.9 Å². The minimum Gasteiger partial charge on any atom is -0.462 e. The highest BCUT2D eigenvalue weighted by atomic mass is 16.6. The smallest absolute Gasteiger partial charge is 0.306 e. The van der Waals surface area contributed by atoms with Crippen molar-refractivity contribution in [1.29, 1.82) is 0 Å². The van der Waals surface area contributed by atoms with E-state index in [0.717, 1.165) is 96.3 Å². The van der Waals surface area contributed by atoms with Crippen LogP contribution < -0.4 is 0 Å². The molecule has 376 valence electrons. The maximum atomic E-state index is 12.3. The summed E-state index contributed by atoms with van der Waals surface area (Å²) in [4.78, 5) is 24.5. The van der Waals surface area contributed by atoms with Crippen molar-refractivity contribution in [1.82, 2.24) is 0 Å². The largest absolute Gasteiger partial charge is 0.462 e. The van der Waals surface area contributed by atoms with Crippen molar-refractivity contribution in [3.63, 3.8) is 0 Å². The van der Waals surface area contributed by atoms with Gasteiger partial charge in [0, 0.05) is 12.8 Å². The zero-order chi connectivity index (χ0) is 47.7. The van der Waals surface area contributed by atoms with Gasteiger partial charge in [-0.1, -0.05) is 239 Å². The molecule has 0 aliphatic carbocycles. The van der Waals surface area contributed by atoms with E-state index in [0.29, 0.717) is 12.8 Å². The van der Waals surface area contributed by atoms with Crippen LogP contribution in [0.1, 0.15) is 245 Å². The molecular weight excluding hydrogens is 813 g/mol. The van der Waals surface area contributed by atoms with Crippen LogP contribution in [0.15, 0.2) is 109 Å². The Morgan fingerprint density at radius 1 is 0.364 bits per heavy atom. The van der Waals surface area contributed by atoms with Crippen molar-refractivity contribution in [3.05, 3.63) is 109 Å². The molecule has 66 heavy (non-hydrogen) atoms. The summed E-state index contributed by atoms with van der Waals surface area (Å²) in [6, 6.07) is 0. The second kappa shape index (κ2) is 55.9. The fourth-order valence-corrected chi connectivity index (χ4v) is 7.45. The van der Waals surface area contributed by atoms with Crippen LogP contribution in [0.2, 0.25) is 0 Å². The second-order valence-electron chi connectivity index (χ2n) is 17.9. The van der Waals surface area contributed by atoms with Crippen molar-refractivity contribution in [2.24, 2.45) is 0 Å². The molecule has 1 unspecified atom stereocenters. The number of carbonyl (C=O) groups excluding carboxylic acids is 2. The van der Waals surface area contributed by atoms with Gasteiger partial charge in [0.05, 0.1) is 6.61 Å². The van der Waals surface area contributed by atoms with Gasteiger partial charge < -0.3 is 14.6 Å². The van der Waals surface area contributed by atoms with Crippen molar-refractivity contribution in [3.8, 4) is 0 Å².